The minimum Gasteiger partial charge on any atom is -0.506 e. The number of phenols is 1. The molecule has 0 radical (unpaired) electrons. The number of para-hydroxylation sites is 1. The maximum Gasteiger partial charge on any atom is 0.255 e. The number of hydrogen-bond donors (Lipinski definition) is 3. The Hall–Kier alpha value is -3.34. The van der Waals surface area contributed by atoms with Gasteiger partial charge in [0.2, 0.25) is 5.91 Å². The van der Waals surface area contributed by atoms with Crippen LogP contribution in [0.5, 0.6) is 5.75 Å². The molecule has 0 saturated heterocycles. The molecule has 5 heteroatoms. The molecule has 3 aromatic rings. The van der Waals surface area contributed by atoms with Crippen LogP contribution in [0.1, 0.15) is 22.8 Å². The zero-order valence-electron chi connectivity index (χ0n) is 14.5. The number of anilines is 1. The van der Waals surface area contributed by atoms with Gasteiger partial charge in [0.1, 0.15) is 5.75 Å². The van der Waals surface area contributed by atoms with Crippen LogP contribution in [-0.2, 0) is 11.2 Å². The fraction of sp³-hybridized carbons (Fsp3) is 0.143. The predicted molar refractivity (Wildman–Crippen MR) is 102 cm³/mol. The van der Waals surface area contributed by atoms with Crippen LogP contribution < -0.4 is 10.6 Å². The van der Waals surface area contributed by atoms with Crippen molar-refractivity contribution < 1.29 is 14.7 Å². The van der Waals surface area contributed by atoms with E-state index in [2.05, 4.69) is 10.6 Å². The highest BCUT2D eigenvalue weighted by molar-refractivity contribution is 6.03. The maximum absolute atomic E-state index is 12.4. The lowest BCUT2D eigenvalue weighted by atomic mass is 10.0. The highest BCUT2D eigenvalue weighted by atomic mass is 16.3. The second kappa shape index (κ2) is 7.70. The van der Waals surface area contributed by atoms with Gasteiger partial charge in [0.25, 0.3) is 5.91 Å². The van der Waals surface area contributed by atoms with Crippen LogP contribution in [0.25, 0.3) is 10.8 Å². The number of aromatic hydroxyl groups is 1. The minimum absolute atomic E-state index is 0.0146. The van der Waals surface area contributed by atoms with Gasteiger partial charge in [0.05, 0.1) is 5.56 Å². The number of carbonyl (C=O) groups excluding carboxylic acids is 2. The third kappa shape index (κ3) is 3.83. The molecule has 3 N–H and O–H groups in total. The van der Waals surface area contributed by atoms with Gasteiger partial charge in [-0.05, 0) is 29.5 Å². The molecule has 5 nitrogen and oxygen atoms in total. The van der Waals surface area contributed by atoms with Crippen LogP contribution in [0, 0.1) is 0 Å². The smallest absolute Gasteiger partial charge is 0.255 e. The van der Waals surface area contributed by atoms with Crippen molar-refractivity contribution in [3.63, 3.8) is 0 Å². The van der Waals surface area contributed by atoms with E-state index in [1.165, 1.54) is 6.92 Å². The van der Waals surface area contributed by atoms with Crippen molar-refractivity contribution in [2.45, 2.75) is 13.3 Å². The molecule has 3 rings (SSSR count). The quantitative estimate of drug-likeness (QED) is 0.660. The second-order valence-corrected chi connectivity index (χ2v) is 6.03. The first kappa shape index (κ1) is 17.5. The molecule has 0 heterocycles. The highest BCUT2D eigenvalue weighted by Crippen LogP contribution is 2.28. The van der Waals surface area contributed by atoms with Gasteiger partial charge in [-0.3, -0.25) is 9.59 Å². The van der Waals surface area contributed by atoms with Crippen LogP contribution in [-0.4, -0.2) is 23.5 Å². The summed E-state index contributed by atoms with van der Waals surface area (Å²) in [4.78, 5) is 23.7. The molecule has 0 fully saturated rings. The van der Waals surface area contributed by atoms with Gasteiger partial charge in [0.15, 0.2) is 0 Å². The number of phenolic OH excluding ortho intramolecular Hbond substituents is 1. The van der Waals surface area contributed by atoms with Gasteiger partial charge in [0, 0.05) is 24.5 Å². The Morgan fingerprint density at radius 2 is 1.69 bits per heavy atom. The molecule has 0 aliphatic carbocycles. The maximum atomic E-state index is 12.4. The molecular formula is C21H20N2O3. The molecule has 0 aliphatic rings. The van der Waals surface area contributed by atoms with E-state index in [0.717, 1.165) is 16.6 Å². The summed E-state index contributed by atoms with van der Waals surface area (Å²) in [5.41, 5.74) is 1.92. The van der Waals surface area contributed by atoms with E-state index in [-0.39, 0.29) is 23.1 Å². The van der Waals surface area contributed by atoms with Crippen LogP contribution >= 0.6 is 0 Å². The average molecular weight is 348 g/mol. The summed E-state index contributed by atoms with van der Waals surface area (Å²) >= 11 is 0. The molecule has 0 aromatic heterocycles. The van der Waals surface area contributed by atoms with Crippen molar-refractivity contribution in [1.29, 1.82) is 0 Å². The Balaban J connectivity index is 1.69. The van der Waals surface area contributed by atoms with Crippen molar-refractivity contribution >= 4 is 28.3 Å². The average Bonchev–Trinajstić information content (AvgIpc) is 2.63. The Morgan fingerprint density at radius 1 is 0.962 bits per heavy atom. The summed E-state index contributed by atoms with van der Waals surface area (Å²) in [6, 6.07) is 18.3. The standard InChI is InChI=1S/C21H20N2O3/c1-14(24)23-19-9-5-3-7-16(19)12-13-22-21(26)18-11-10-15-6-2-4-8-17(15)20(18)25/h2-11,25H,12-13H2,1H3,(H,22,26)(H,23,24). The van der Waals surface area contributed by atoms with E-state index < -0.39 is 0 Å². The number of hydrogen-bond acceptors (Lipinski definition) is 3. The zero-order valence-corrected chi connectivity index (χ0v) is 14.5. The first-order valence-corrected chi connectivity index (χ1v) is 8.40. The molecule has 0 saturated carbocycles. The third-order valence-electron chi connectivity index (χ3n) is 4.15. The number of rotatable bonds is 5. The van der Waals surface area contributed by atoms with Gasteiger partial charge in [-0.1, -0.05) is 48.5 Å². The third-order valence-corrected chi connectivity index (χ3v) is 4.15. The molecule has 0 spiro atoms. The molecule has 0 unspecified atom stereocenters. The van der Waals surface area contributed by atoms with Crippen LogP contribution in [0.4, 0.5) is 5.69 Å². The second-order valence-electron chi connectivity index (χ2n) is 6.03. The summed E-state index contributed by atoms with van der Waals surface area (Å²) in [5, 5.41) is 17.5. The van der Waals surface area contributed by atoms with Gasteiger partial charge in [-0.25, -0.2) is 0 Å². The molecule has 2 amide bonds. The number of benzene rings is 3. The predicted octanol–water partition coefficient (Wildman–Crippen LogP) is 3.48. The summed E-state index contributed by atoms with van der Waals surface area (Å²) < 4.78 is 0. The van der Waals surface area contributed by atoms with Crippen molar-refractivity contribution in [3.8, 4) is 5.75 Å². The SMILES string of the molecule is CC(=O)Nc1ccccc1CCNC(=O)c1ccc2ccccc2c1O. The van der Waals surface area contributed by atoms with Crippen LogP contribution in [0.2, 0.25) is 0 Å². The van der Waals surface area contributed by atoms with Crippen molar-refractivity contribution in [2.75, 3.05) is 11.9 Å². The van der Waals surface area contributed by atoms with Crippen LogP contribution in [0.3, 0.4) is 0 Å². The molecule has 3 aromatic carbocycles. The largest absolute Gasteiger partial charge is 0.506 e. The van der Waals surface area contributed by atoms with Gasteiger partial charge < -0.3 is 15.7 Å². The fourth-order valence-electron chi connectivity index (χ4n) is 2.89. The number of fused-ring (bicyclic) bond motifs is 1. The molecule has 0 aliphatic heterocycles. The van der Waals surface area contributed by atoms with E-state index in [9.17, 15) is 14.7 Å². The monoisotopic (exact) mass is 348 g/mol. The molecule has 0 bridgehead atoms. The Bertz CT molecular complexity index is 966. The fourth-order valence-corrected chi connectivity index (χ4v) is 2.89. The molecule has 132 valence electrons. The van der Waals surface area contributed by atoms with Gasteiger partial charge >= 0.3 is 0 Å². The molecule has 26 heavy (non-hydrogen) atoms. The minimum atomic E-state index is -0.328. The van der Waals surface area contributed by atoms with E-state index >= 15 is 0 Å². The zero-order chi connectivity index (χ0) is 18.5. The van der Waals surface area contributed by atoms with E-state index in [4.69, 9.17) is 0 Å². The first-order valence-electron chi connectivity index (χ1n) is 8.40. The summed E-state index contributed by atoms with van der Waals surface area (Å²) in [6.45, 7) is 1.85. The van der Waals surface area contributed by atoms with Gasteiger partial charge in [-0.15, -0.1) is 0 Å². The summed E-state index contributed by atoms with van der Waals surface area (Å²) in [6.07, 6.45) is 0.566. The number of amides is 2. The molecular weight excluding hydrogens is 328 g/mol. The van der Waals surface area contributed by atoms with Crippen molar-refractivity contribution in [3.05, 3.63) is 71.8 Å². The topological polar surface area (TPSA) is 78.4 Å². The van der Waals surface area contributed by atoms with Crippen molar-refractivity contribution in [1.82, 2.24) is 5.32 Å². The van der Waals surface area contributed by atoms with E-state index in [1.807, 2.05) is 48.5 Å². The lowest BCUT2D eigenvalue weighted by Crippen LogP contribution is -2.26. The highest BCUT2D eigenvalue weighted by Gasteiger charge is 2.13. The Morgan fingerprint density at radius 3 is 2.50 bits per heavy atom. The summed E-state index contributed by atoms with van der Waals surface area (Å²) in [7, 11) is 0. The lowest BCUT2D eigenvalue weighted by Gasteiger charge is -2.11. The van der Waals surface area contributed by atoms with E-state index in [0.29, 0.717) is 18.4 Å². The Kier molecular flexibility index (Phi) is 5.17. The van der Waals surface area contributed by atoms with Gasteiger partial charge in [-0.2, -0.15) is 0 Å². The first-order chi connectivity index (χ1) is 12.6. The van der Waals surface area contributed by atoms with E-state index in [1.54, 1.807) is 12.1 Å². The number of carbonyl (C=O) groups is 2. The summed E-state index contributed by atoms with van der Waals surface area (Å²) in [5.74, 6) is -0.480. The Labute approximate surface area is 151 Å². The normalized spacial score (nSPS) is 10.5. The number of nitrogens with one attached hydrogen (secondary N) is 2. The molecule has 0 atom stereocenters. The van der Waals surface area contributed by atoms with Crippen LogP contribution in [0.15, 0.2) is 60.7 Å². The lowest BCUT2D eigenvalue weighted by molar-refractivity contribution is -0.114. The van der Waals surface area contributed by atoms with Crippen molar-refractivity contribution in [2.24, 2.45) is 0 Å².